The van der Waals surface area contributed by atoms with Crippen molar-refractivity contribution >= 4 is 29.2 Å². The maximum absolute atomic E-state index is 12.2. The standard InChI is InChI=1S/C11H7NO5S/c13-9-7-2-1-6(12(15)16)5-8(7)18-11(9)3-4-17-10(11)14/h1-2,5H,3-4H2. The van der Waals surface area contributed by atoms with Crippen LogP contribution in [0.15, 0.2) is 23.1 Å². The lowest BCUT2D eigenvalue weighted by molar-refractivity contribution is -0.385. The van der Waals surface area contributed by atoms with Gasteiger partial charge in [0.2, 0.25) is 0 Å². The van der Waals surface area contributed by atoms with Crippen molar-refractivity contribution < 1.29 is 19.2 Å². The lowest BCUT2D eigenvalue weighted by Gasteiger charge is -2.13. The molecule has 1 aromatic carbocycles. The summed E-state index contributed by atoms with van der Waals surface area (Å²) in [6.07, 6.45) is 0.317. The summed E-state index contributed by atoms with van der Waals surface area (Å²) >= 11 is 1.07. The second-order valence-electron chi connectivity index (χ2n) is 4.08. The van der Waals surface area contributed by atoms with Gasteiger partial charge in [0.05, 0.1) is 11.5 Å². The number of Topliss-reactive ketones (excluding diaryl/α,β-unsaturated/α-hetero) is 1. The van der Waals surface area contributed by atoms with E-state index in [1.165, 1.54) is 18.2 Å². The van der Waals surface area contributed by atoms with Gasteiger partial charge in [0.15, 0.2) is 10.5 Å². The molecule has 2 heterocycles. The Bertz CT molecular complexity index is 599. The monoisotopic (exact) mass is 265 g/mol. The molecule has 0 aromatic heterocycles. The SMILES string of the molecule is O=C1OCCC12Sc1cc([N+](=O)[O-])ccc1C2=O. The average Bonchev–Trinajstić information content (AvgIpc) is 2.83. The second-order valence-corrected chi connectivity index (χ2v) is 5.42. The number of nitro groups is 1. The third kappa shape index (κ3) is 1.30. The molecule has 3 rings (SSSR count). The summed E-state index contributed by atoms with van der Waals surface area (Å²) in [5.74, 6) is -0.851. The molecule has 1 atom stereocenters. The maximum Gasteiger partial charge on any atom is 0.330 e. The Morgan fingerprint density at radius 3 is 2.78 bits per heavy atom. The van der Waals surface area contributed by atoms with Crippen LogP contribution in [0.25, 0.3) is 0 Å². The number of ether oxygens (including phenoxy) is 1. The lowest BCUT2D eigenvalue weighted by Crippen LogP contribution is -2.36. The number of nitro benzene ring substituents is 1. The molecule has 1 fully saturated rings. The lowest BCUT2D eigenvalue weighted by atomic mass is 9.96. The third-order valence-electron chi connectivity index (χ3n) is 3.09. The van der Waals surface area contributed by atoms with Crippen molar-refractivity contribution in [3.05, 3.63) is 33.9 Å². The fraction of sp³-hybridized carbons (Fsp3) is 0.273. The Labute approximate surface area is 105 Å². The number of hydrogen-bond acceptors (Lipinski definition) is 6. The van der Waals surface area contributed by atoms with Crippen molar-refractivity contribution in [2.45, 2.75) is 16.1 Å². The molecule has 2 aliphatic rings. The highest BCUT2D eigenvalue weighted by atomic mass is 32.2. The fourth-order valence-electron chi connectivity index (χ4n) is 2.15. The summed E-state index contributed by atoms with van der Waals surface area (Å²) in [6, 6.07) is 4.01. The largest absolute Gasteiger partial charge is 0.464 e. The first-order valence-electron chi connectivity index (χ1n) is 5.24. The molecule has 0 amide bonds. The van der Waals surface area contributed by atoms with Gasteiger partial charge in [0.1, 0.15) is 0 Å². The number of nitrogens with zero attached hydrogens (tertiary/aromatic N) is 1. The van der Waals surface area contributed by atoms with Crippen LogP contribution in [0.4, 0.5) is 5.69 Å². The van der Waals surface area contributed by atoms with Gasteiger partial charge in [-0.15, -0.1) is 0 Å². The summed E-state index contributed by atoms with van der Waals surface area (Å²) in [4.78, 5) is 34.6. The van der Waals surface area contributed by atoms with Gasteiger partial charge in [-0.25, -0.2) is 0 Å². The Morgan fingerprint density at radius 1 is 1.39 bits per heavy atom. The molecular weight excluding hydrogens is 258 g/mol. The third-order valence-corrected chi connectivity index (χ3v) is 4.55. The molecular formula is C11H7NO5S. The van der Waals surface area contributed by atoms with Gasteiger partial charge in [-0.2, -0.15) is 0 Å². The topological polar surface area (TPSA) is 86.5 Å². The highest BCUT2D eigenvalue weighted by Crippen LogP contribution is 2.50. The number of carbonyl (C=O) groups excluding carboxylic acids is 2. The van der Waals surface area contributed by atoms with Gasteiger partial charge in [-0.1, -0.05) is 11.8 Å². The van der Waals surface area contributed by atoms with Crippen LogP contribution in [0, 0.1) is 10.1 Å². The predicted molar refractivity (Wildman–Crippen MR) is 61.6 cm³/mol. The summed E-state index contributed by atoms with van der Waals surface area (Å²) < 4.78 is 3.64. The zero-order valence-corrected chi connectivity index (χ0v) is 9.86. The van der Waals surface area contributed by atoms with Gasteiger partial charge in [-0.05, 0) is 6.07 Å². The molecule has 0 aliphatic carbocycles. The molecule has 1 aromatic rings. The van der Waals surface area contributed by atoms with E-state index in [9.17, 15) is 19.7 Å². The van der Waals surface area contributed by atoms with Crippen molar-refractivity contribution in [3.8, 4) is 0 Å². The zero-order chi connectivity index (χ0) is 12.9. The Balaban J connectivity index is 2.09. The summed E-state index contributed by atoms with van der Waals surface area (Å²) in [5, 5.41) is 10.7. The van der Waals surface area contributed by atoms with E-state index in [0.29, 0.717) is 16.9 Å². The number of thioether (sulfide) groups is 1. The number of hydrogen-bond donors (Lipinski definition) is 0. The first-order chi connectivity index (χ1) is 8.54. The number of carbonyl (C=O) groups is 2. The second kappa shape index (κ2) is 3.55. The molecule has 0 N–H and O–H groups in total. The highest BCUT2D eigenvalue weighted by Gasteiger charge is 2.57. The van der Waals surface area contributed by atoms with Gasteiger partial charge >= 0.3 is 5.97 Å². The number of cyclic esters (lactones) is 1. The van der Waals surface area contributed by atoms with Crippen LogP contribution in [0.5, 0.6) is 0 Å². The van der Waals surface area contributed by atoms with Crippen molar-refractivity contribution in [3.63, 3.8) is 0 Å². The van der Waals surface area contributed by atoms with Crippen molar-refractivity contribution in [2.75, 3.05) is 6.61 Å². The quantitative estimate of drug-likeness (QED) is 0.331. The minimum Gasteiger partial charge on any atom is -0.464 e. The minimum absolute atomic E-state index is 0.0857. The van der Waals surface area contributed by atoms with E-state index in [1.807, 2.05) is 0 Å². The van der Waals surface area contributed by atoms with Crippen LogP contribution in [0.1, 0.15) is 16.8 Å². The molecule has 1 saturated heterocycles. The first kappa shape index (κ1) is 11.2. The van der Waals surface area contributed by atoms with Crippen LogP contribution in [-0.4, -0.2) is 28.0 Å². The number of ketones is 1. The summed E-state index contributed by atoms with van der Waals surface area (Å²) in [6.45, 7) is 0.216. The molecule has 0 radical (unpaired) electrons. The molecule has 92 valence electrons. The van der Waals surface area contributed by atoms with Crippen LogP contribution in [0.3, 0.4) is 0 Å². The Hall–Kier alpha value is -1.89. The van der Waals surface area contributed by atoms with E-state index in [2.05, 4.69) is 0 Å². The van der Waals surface area contributed by atoms with Crippen LogP contribution < -0.4 is 0 Å². The predicted octanol–water partition coefficient (Wildman–Crippen LogP) is 1.57. The zero-order valence-electron chi connectivity index (χ0n) is 9.04. The van der Waals surface area contributed by atoms with Gasteiger partial charge in [0, 0.05) is 29.0 Å². The molecule has 1 spiro atoms. The molecule has 7 heteroatoms. The maximum atomic E-state index is 12.2. The van der Waals surface area contributed by atoms with Crippen molar-refractivity contribution in [2.24, 2.45) is 0 Å². The van der Waals surface area contributed by atoms with Gasteiger partial charge in [-0.3, -0.25) is 19.7 Å². The first-order valence-corrected chi connectivity index (χ1v) is 6.06. The number of non-ortho nitro benzene ring substituents is 1. The van der Waals surface area contributed by atoms with E-state index in [0.717, 1.165) is 11.8 Å². The normalized spacial score (nSPS) is 25.3. The molecule has 1 unspecified atom stereocenters. The van der Waals surface area contributed by atoms with Crippen LogP contribution in [-0.2, 0) is 9.53 Å². The Kier molecular flexibility index (Phi) is 2.21. The van der Waals surface area contributed by atoms with Crippen molar-refractivity contribution in [1.29, 1.82) is 0 Å². The molecule has 0 bridgehead atoms. The van der Waals surface area contributed by atoms with Gasteiger partial charge < -0.3 is 4.74 Å². The molecule has 0 saturated carbocycles. The minimum atomic E-state index is -1.21. The molecule has 6 nitrogen and oxygen atoms in total. The number of rotatable bonds is 1. The van der Waals surface area contributed by atoms with E-state index in [-0.39, 0.29) is 18.1 Å². The van der Waals surface area contributed by atoms with E-state index < -0.39 is 15.6 Å². The smallest absolute Gasteiger partial charge is 0.330 e. The van der Waals surface area contributed by atoms with Gasteiger partial charge in [0.25, 0.3) is 5.69 Å². The summed E-state index contributed by atoms with van der Waals surface area (Å²) in [5.41, 5.74) is 0.280. The van der Waals surface area contributed by atoms with E-state index >= 15 is 0 Å². The van der Waals surface area contributed by atoms with E-state index in [1.54, 1.807) is 0 Å². The summed E-state index contributed by atoms with van der Waals surface area (Å²) in [7, 11) is 0. The number of esters is 1. The van der Waals surface area contributed by atoms with Crippen molar-refractivity contribution in [1.82, 2.24) is 0 Å². The molecule has 2 aliphatic heterocycles. The van der Waals surface area contributed by atoms with E-state index in [4.69, 9.17) is 4.74 Å². The number of fused-ring (bicyclic) bond motifs is 1. The fourth-order valence-corrected chi connectivity index (χ4v) is 3.51. The van der Waals surface area contributed by atoms with Crippen LogP contribution >= 0.6 is 11.8 Å². The van der Waals surface area contributed by atoms with Crippen LogP contribution in [0.2, 0.25) is 0 Å². The highest BCUT2D eigenvalue weighted by molar-refractivity contribution is 8.03. The average molecular weight is 265 g/mol. The Morgan fingerprint density at radius 2 is 2.17 bits per heavy atom. The molecule has 18 heavy (non-hydrogen) atoms. The number of benzene rings is 1.